The first-order valence-corrected chi connectivity index (χ1v) is 4.53. The van der Waals surface area contributed by atoms with Crippen molar-refractivity contribution in [1.29, 1.82) is 0 Å². The standard InChI is InChI=1S/C9H7BrO4/c10-7-1-2-8(14-5-11)6(3-7)4-9(12)13/h1-3,5H,4H2,(H,12,13). The van der Waals surface area contributed by atoms with Crippen molar-refractivity contribution in [2.45, 2.75) is 6.42 Å². The molecule has 1 aromatic rings. The molecule has 1 rings (SSSR count). The van der Waals surface area contributed by atoms with E-state index in [0.717, 1.165) is 4.47 Å². The van der Waals surface area contributed by atoms with Crippen molar-refractivity contribution in [1.82, 2.24) is 0 Å². The van der Waals surface area contributed by atoms with Crippen LogP contribution < -0.4 is 4.74 Å². The molecule has 0 spiro atoms. The fraction of sp³-hybridized carbons (Fsp3) is 0.111. The molecular formula is C9H7BrO4. The number of benzene rings is 1. The number of carboxylic acids is 1. The molecule has 5 heteroatoms. The van der Waals surface area contributed by atoms with E-state index in [0.29, 0.717) is 5.56 Å². The largest absolute Gasteiger partial charge is 0.481 e. The Kier molecular flexibility index (Phi) is 3.64. The molecule has 4 nitrogen and oxygen atoms in total. The van der Waals surface area contributed by atoms with Gasteiger partial charge >= 0.3 is 5.97 Å². The topological polar surface area (TPSA) is 63.6 Å². The van der Waals surface area contributed by atoms with Gasteiger partial charge in [-0.1, -0.05) is 15.9 Å². The molecule has 0 aliphatic rings. The first-order valence-electron chi connectivity index (χ1n) is 3.74. The second-order valence-electron chi connectivity index (χ2n) is 2.54. The number of hydrogen-bond donors (Lipinski definition) is 1. The summed E-state index contributed by atoms with van der Waals surface area (Å²) < 4.78 is 5.37. The van der Waals surface area contributed by atoms with E-state index in [1.807, 2.05) is 0 Å². The molecule has 0 aliphatic carbocycles. The molecule has 0 saturated heterocycles. The Hall–Kier alpha value is -1.36. The van der Waals surface area contributed by atoms with Crippen molar-refractivity contribution >= 4 is 28.4 Å². The normalized spacial score (nSPS) is 9.50. The number of carbonyl (C=O) groups is 2. The van der Waals surface area contributed by atoms with Crippen LogP contribution in [0.5, 0.6) is 5.75 Å². The highest BCUT2D eigenvalue weighted by Gasteiger charge is 2.08. The van der Waals surface area contributed by atoms with Crippen LogP contribution in [-0.2, 0) is 16.0 Å². The summed E-state index contributed by atoms with van der Waals surface area (Å²) in [5.74, 6) is -0.704. The van der Waals surface area contributed by atoms with E-state index in [-0.39, 0.29) is 18.6 Å². The predicted molar refractivity (Wildman–Crippen MR) is 52.2 cm³/mol. The average Bonchev–Trinajstić information content (AvgIpc) is 2.09. The molecule has 0 aliphatic heterocycles. The molecule has 0 radical (unpaired) electrons. The van der Waals surface area contributed by atoms with Crippen LogP contribution in [-0.4, -0.2) is 17.5 Å². The van der Waals surface area contributed by atoms with Gasteiger partial charge in [-0.25, -0.2) is 0 Å². The van der Waals surface area contributed by atoms with Gasteiger partial charge in [0.1, 0.15) is 5.75 Å². The van der Waals surface area contributed by atoms with Crippen LogP contribution >= 0.6 is 15.9 Å². The Labute approximate surface area is 88.6 Å². The van der Waals surface area contributed by atoms with Crippen LogP contribution in [0.1, 0.15) is 5.56 Å². The summed E-state index contributed by atoms with van der Waals surface area (Å²) in [7, 11) is 0. The van der Waals surface area contributed by atoms with Gasteiger partial charge in [-0.15, -0.1) is 0 Å². The number of aliphatic carboxylic acids is 1. The Morgan fingerprint density at radius 2 is 2.29 bits per heavy atom. The number of carboxylic acid groups (broad SMARTS) is 1. The summed E-state index contributed by atoms with van der Waals surface area (Å²) in [5.41, 5.74) is 0.457. The monoisotopic (exact) mass is 258 g/mol. The maximum absolute atomic E-state index is 10.5. The maximum atomic E-state index is 10.5. The lowest BCUT2D eigenvalue weighted by Crippen LogP contribution is -2.03. The van der Waals surface area contributed by atoms with E-state index in [4.69, 9.17) is 5.11 Å². The summed E-state index contributed by atoms with van der Waals surface area (Å²) >= 11 is 3.20. The second-order valence-corrected chi connectivity index (χ2v) is 3.45. The number of hydrogen-bond acceptors (Lipinski definition) is 3. The van der Waals surface area contributed by atoms with E-state index in [9.17, 15) is 9.59 Å². The Balaban J connectivity index is 3.01. The van der Waals surface area contributed by atoms with Gasteiger partial charge in [0.25, 0.3) is 6.47 Å². The fourth-order valence-corrected chi connectivity index (χ4v) is 1.42. The van der Waals surface area contributed by atoms with Crippen molar-refractivity contribution in [3.05, 3.63) is 28.2 Å². The smallest absolute Gasteiger partial charge is 0.307 e. The minimum absolute atomic E-state index is 0.178. The minimum atomic E-state index is -0.973. The molecule has 0 atom stereocenters. The lowest BCUT2D eigenvalue weighted by atomic mass is 10.1. The zero-order valence-electron chi connectivity index (χ0n) is 7.07. The lowest BCUT2D eigenvalue weighted by Gasteiger charge is -2.05. The summed E-state index contributed by atoms with van der Waals surface area (Å²) in [6.45, 7) is 0.272. The Morgan fingerprint density at radius 1 is 1.57 bits per heavy atom. The van der Waals surface area contributed by atoms with E-state index >= 15 is 0 Å². The van der Waals surface area contributed by atoms with E-state index in [1.54, 1.807) is 12.1 Å². The minimum Gasteiger partial charge on any atom is -0.481 e. The molecule has 0 amide bonds. The van der Waals surface area contributed by atoms with Crippen LogP contribution in [0, 0.1) is 0 Å². The number of carbonyl (C=O) groups excluding carboxylic acids is 1. The van der Waals surface area contributed by atoms with Gasteiger partial charge in [-0.05, 0) is 18.2 Å². The van der Waals surface area contributed by atoms with Crippen LogP contribution in [0.2, 0.25) is 0 Å². The first-order chi connectivity index (χ1) is 6.63. The molecule has 0 aromatic heterocycles. The molecule has 1 N–H and O–H groups in total. The van der Waals surface area contributed by atoms with Crippen LogP contribution in [0.15, 0.2) is 22.7 Å². The van der Waals surface area contributed by atoms with Gasteiger partial charge in [0.15, 0.2) is 0 Å². The van der Waals surface area contributed by atoms with Crippen molar-refractivity contribution < 1.29 is 19.4 Å². The summed E-state index contributed by atoms with van der Waals surface area (Å²) in [5, 5.41) is 8.59. The van der Waals surface area contributed by atoms with Gasteiger partial charge in [0.2, 0.25) is 0 Å². The molecule has 1 aromatic carbocycles. The molecule has 0 saturated carbocycles. The zero-order chi connectivity index (χ0) is 10.6. The third kappa shape index (κ3) is 2.85. The van der Waals surface area contributed by atoms with Crippen LogP contribution in [0.4, 0.5) is 0 Å². The quantitative estimate of drug-likeness (QED) is 0.834. The van der Waals surface area contributed by atoms with Gasteiger partial charge < -0.3 is 9.84 Å². The first kappa shape index (κ1) is 10.7. The Bertz CT molecular complexity index is 362. The highest BCUT2D eigenvalue weighted by Crippen LogP contribution is 2.23. The molecule has 14 heavy (non-hydrogen) atoms. The third-order valence-electron chi connectivity index (χ3n) is 1.54. The summed E-state index contributed by atoms with van der Waals surface area (Å²) in [4.78, 5) is 20.6. The van der Waals surface area contributed by atoms with Gasteiger partial charge in [-0.2, -0.15) is 0 Å². The molecule has 0 heterocycles. The van der Waals surface area contributed by atoms with E-state index in [1.165, 1.54) is 6.07 Å². The Morgan fingerprint density at radius 3 is 2.86 bits per heavy atom. The number of ether oxygens (including phenoxy) is 1. The molecule has 74 valence electrons. The zero-order valence-corrected chi connectivity index (χ0v) is 8.65. The van der Waals surface area contributed by atoms with Crippen LogP contribution in [0.3, 0.4) is 0 Å². The SMILES string of the molecule is O=COc1ccc(Br)cc1CC(=O)O. The van der Waals surface area contributed by atoms with Crippen molar-refractivity contribution in [3.63, 3.8) is 0 Å². The molecule has 0 fully saturated rings. The van der Waals surface area contributed by atoms with Crippen LogP contribution in [0.25, 0.3) is 0 Å². The predicted octanol–water partition coefficient (Wildman–Crippen LogP) is 1.61. The lowest BCUT2D eigenvalue weighted by molar-refractivity contribution is -0.136. The highest BCUT2D eigenvalue weighted by atomic mass is 79.9. The molecular weight excluding hydrogens is 252 g/mol. The van der Waals surface area contributed by atoms with E-state index < -0.39 is 5.97 Å². The average molecular weight is 259 g/mol. The van der Waals surface area contributed by atoms with Crippen molar-refractivity contribution in [2.24, 2.45) is 0 Å². The fourth-order valence-electron chi connectivity index (χ4n) is 1.02. The van der Waals surface area contributed by atoms with Crippen molar-refractivity contribution in [3.8, 4) is 5.75 Å². The summed E-state index contributed by atoms with van der Waals surface area (Å²) in [6, 6.07) is 4.81. The molecule has 0 bridgehead atoms. The number of rotatable bonds is 4. The highest BCUT2D eigenvalue weighted by molar-refractivity contribution is 9.10. The van der Waals surface area contributed by atoms with Gasteiger partial charge in [-0.3, -0.25) is 9.59 Å². The summed E-state index contributed by atoms with van der Waals surface area (Å²) in [6.07, 6.45) is -0.178. The van der Waals surface area contributed by atoms with E-state index in [2.05, 4.69) is 20.7 Å². The second kappa shape index (κ2) is 4.76. The third-order valence-corrected chi connectivity index (χ3v) is 2.03. The van der Waals surface area contributed by atoms with Gasteiger partial charge in [0.05, 0.1) is 6.42 Å². The van der Waals surface area contributed by atoms with Crippen molar-refractivity contribution in [2.75, 3.05) is 0 Å². The number of halogens is 1. The molecule has 0 unspecified atom stereocenters. The van der Waals surface area contributed by atoms with Gasteiger partial charge in [0, 0.05) is 10.0 Å². The maximum Gasteiger partial charge on any atom is 0.307 e.